The van der Waals surface area contributed by atoms with E-state index < -0.39 is 0 Å². The van der Waals surface area contributed by atoms with Crippen LogP contribution in [-0.4, -0.2) is 18.5 Å². The van der Waals surface area contributed by atoms with Gasteiger partial charge in [0, 0.05) is 19.0 Å². The van der Waals surface area contributed by atoms with Crippen LogP contribution < -0.4 is 15.4 Å². The first-order valence-electron chi connectivity index (χ1n) is 8.71. The number of benzene rings is 2. The first-order chi connectivity index (χ1) is 12.2. The van der Waals surface area contributed by atoms with E-state index in [1.165, 1.54) is 25.0 Å². The maximum absolute atomic E-state index is 12.9. The van der Waals surface area contributed by atoms with Crippen LogP contribution in [0.2, 0.25) is 0 Å². The Labute approximate surface area is 147 Å². The molecule has 0 aliphatic carbocycles. The van der Waals surface area contributed by atoms with E-state index in [9.17, 15) is 9.18 Å². The van der Waals surface area contributed by atoms with Crippen molar-refractivity contribution in [1.82, 2.24) is 10.6 Å². The van der Waals surface area contributed by atoms with Crippen LogP contribution in [-0.2, 0) is 11.3 Å². The maximum atomic E-state index is 12.9. The predicted molar refractivity (Wildman–Crippen MR) is 95.0 cm³/mol. The van der Waals surface area contributed by atoms with Gasteiger partial charge in [-0.2, -0.15) is 0 Å². The molecule has 25 heavy (non-hydrogen) atoms. The van der Waals surface area contributed by atoms with E-state index in [0.717, 1.165) is 18.5 Å². The minimum atomic E-state index is -0.290. The normalized spacial score (nSPS) is 16.6. The summed E-state index contributed by atoms with van der Waals surface area (Å²) in [5.74, 6) is 1.06. The summed E-state index contributed by atoms with van der Waals surface area (Å²) >= 11 is 0. The van der Waals surface area contributed by atoms with Crippen LogP contribution in [0.15, 0.2) is 48.5 Å². The second-order valence-corrected chi connectivity index (χ2v) is 6.31. The summed E-state index contributed by atoms with van der Waals surface area (Å²) in [6.07, 6.45) is 3.83. The molecule has 2 aromatic carbocycles. The SMILES string of the molecule is O=C(CCC1CCCN1)NCc1ccc(Oc2ccc(F)cc2)cc1. The number of ether oxygens (including phenoxy) is 1. The molecule has 3 rings (SSSR count). The van der Waals surface area contributed by atoms with Gasteiger partial charge in [0.25, 0.3) is 0 Å². The van der Waals surface area contributed by atoms with Gasteiger partial charge in [0.05, 0.1) is 0 Å². The van der Waals surface area contributed by atoms with E-state index in [0.29, 0.717) is 30.5 Å². The molecule has 1 aliphatic rings. The lowest BCUT2D eigenvalue weighted by molar-refractivity contribution is -0.121. The monoisotopic (exact) mass is 342 g/mol. The Kier molecular flexibility index (Phi) is 6.01. The summed E-state index contributed by atoms with van der Waals surface area (Å²) in [5, 5.41) is 6.35. The second kappa shape index (κ2) is 8.62. The second-order valence-electron chi connectivity index (χ2n) is 6.31. The van der Waals surface area contributed by atoms with Gasteiger partial charge in [-0.15, -0.1) is 0 Å². The highest BCUT2D eigenvalue weighted by molar-refractivity contribution is 5.75. The smallest absolute Gasteiger partial charge is 0.220 e. The lowest BCUT2D eigenvalue weighted by atomic mass is 10.1. The summed E-state index contributed by atoms with van der Waals surface area (Å²) in [6.45, 7) is 1.58. The minimum Gasteiger partial charge on any atom is -0.457 e. The van der Waals surface area contributed by atoms with Crippen LogP contribution in [0, 0.1) is 5.82 Å². The largest absolute Gasteiger partial charge is 0.457 e. The Morgan fingerprint density at radius 1 is 1.12 bits per heavy atom. The highest BCUT2D eigenvalue weighted by Gasteiger charge is 2.15. The van der Waals surface area contributed by atoms with Gasteiger partial charge in [0.15, 0.2) is 0 Å². The van der Waals surface area contributed by atoms with E-state index in [-0.39, 0.29) is 11.7 Å². The van der Waals surface area contributed by atoms with Crippen molar-refractivity contribution in [3.8, 4) is 11.5 Å². The molecule has 0 spiro atoms. The molecule has 1 heterocycles. The van der Waals surface area contributed by atoms with Crippen LogP contribution in [0.5, 0.6) is 11.5 Å². The Bertz CT molecular complexity index is 680. The van der Waals surface area contributed by atoms with Crippen LogP contribution in [0.3, 0.4) is 0 Å². The van der Waals surface area contributed by atoms with Crippen LogP contribution in [0.25, 0.3) is 0 Å². The van der Waals surface area contributed by atoms with Gasteiger partial charge in [-0.1, -0.05) is 12.1 Å². The molecule has 1 amide bonds. The van der Waals surface area contributed by atoms with Gasteiger partial charge in [0.2, 0.25) is 5.91 Å². The van der Waals surface area contributed by atoms with E-state index >= 15 is 0 Å². The lowest BCUT2D eigenvalue weighted by Crippen LogP contribution is -2.27. The average molecular weight is 342 g/mol. The van der Waals surface area contributed by atoms with Crippen molar-refractivity contribution in [1.29, 1.82) is 0 Å². The Balaban J connectivity index is 1.42. The third-order valence-corrected chi connectivity index (χ3v) is 4.34. The van der Waals surface area contributed by atoms with Gasteiger partial charge in [0.1, 0.15) is 17.3 Å². The molecule has 2 aromatic rings. The molecule has 5 heteroatoms. The van der Waals surface area contributed by atoms with Crippen molar-refractivity contribution in [3.63, 3.8) is 0 Å². The zero-order valence-corrected chi connectivity index (χ0v) is 14.1. The van der Waals surface area contributed by atoms with Crippen molar-refractivity contribution < 1.29 is 13.9 Å². The van der Waals surface area contributed by atoms with Gasteiger partial charge < -0.3 is 15.4 Å². The maximum Gasteiger partial charge on any atom is 0.220 e. The van der Waals surface area contributed by atoms with Gasteiger partial charge in [-0.05, 0) is 67.8 Å². The molecule has 132 valence electrons. The molecular weight excluding hydrogens is 319 g/mol. The molecule has 1 atom stereocenters. The Hall–Kier alpha value is -2.40. The summed E-state index contributed by atoms with van der Waals surface area (Å²) in [7, 11) is 0. The number of nitrogens with one attached hydrogen (secondary N) is 2. The van der Waals surface area contributed by atoms with E-state index in [4.69, 9.17) is 4.74 Å². The van der Waals surface area contributed by atoms with Crippen LogP contribution in [0.4, 0.5) is 4.39 Å². The quantitative estimate of drug-likeness (QED) is 0.805. The minimum absolute atomic E-state index is 0.0836. The highest BCUT2D eigenvalue weighted by atomic mass is 19.1. The number of carbonyl (C=O) groups is 1. The van der Waals surface area contributed by atoms with Crippen molar-refractivity contribution in [2.45, 2.75) is 38.3 Å². The summed E-state index contributed by atoms with van der Waals surface area (Å²) in [5.41, 5.74) is 1.01. The molecule has 1 aliphatic heterocycles. The average Bonchev–Trinajstić information content (AvgIpc) is 3.15. The van der Waals surface area contributed by atoms with Crippen LogP contribution >= 0.6 is 0 Å². The molecular formula is C20H23FN2O2. The molecule has 4 nitrogen and oxygen atoms in total. The molecule has 0 radical (unpaired) electrons. The third kappa shape index (κ3) is 5.57. The van der Waals surface area contributed by atoms with Gasteiger partial charge >= 0.3 is 0 Å². The molecule has 0 bridgehead atoms. The third-order valence-electron chi connectivity index (χ3n) is 4.34. The van der Waals surface area contributed by atoms with E-state index in [1.54, 1.807) is 12.1 Å². The van der Waals surface area contributed by atoms with Gasteiger partial charge in [-0.25, -0.2) is 4.39 Å². The zero-order valence-electron chi connectivity index (χ0n) is 14.1. The summed E-state index contributed by atoms with van der Waals surface area (Å²) < 4.78 is 18.5. The molecule has 1 fully saturated rings. The summed E-state index contributed by atoms with van der Waals surface area (Å²) in [4.78, 5) is 11.9. The number of hydrogen-bond donors (Lipinski definition) is 2. The number of amides is 1. The number of hydrogen-bond acceptors (Lipinski definition) is 3. The Morgan fingerprint density at radius 2 is 1.80 bits per heavy atom. The fourth-order valence-electron chi connectivity index (χ4n) is 2.91. The fourth-order valence-corrected chi connectivity index (χ4v) is 2.91. The topological polar surface area (TPSA) is 50.4 Å². The number of carbonyl (C=O) groups excluding carboxylic acids is 1. The highest BCUT2D eigenvalue weighted by Crippen LogP contribution is 2.21. The molecule has 0 aromatic heterocycles. The van der Waals surface area contributed by atoms with Crippen molar-refractivity contribution in [3.05, 3.63) is 59.9 Å². The molecule has 1 saturated heterocycles. The lowest BCUT2D eigenvalue weighted by Gasteiger charge is -2.10. The first kappa shape index (κ1) is 17.4. The predicted octanol–water partition coefficient (Wildman–Crippen LogP) is 3.77. The first-order valence-corrected chi connectivity index (χ1v) is 8.71. The van der Waals surface area contributed by atoms with Crippen molar-refractivity contribution >= 4 is 5.91 Å². The van der Waals surface area contributed by atoms with Crippen molar-refractivity contribution in [2.24, 2.45) is 0 Å². The van der Waals surface area contributed by atoms with Crippen LogP contribution in [0.1, 0.15) is 31.2 Å². The molecule has 1 unspecified atom stereocenters. The van der Waals surface area contributed by atoms with E-state index in [1.807, 2.05) is 24.3 Å². The summed E-state index contributed by atoms with van der Waals surface area (Å²) in [6, 6.07) is 13.9. The molecule has 2 N–H and O–H groups in total. The van der Waals surface area contributed by atoms with Gasteiger partial charge in [-0.3, -0.25) is 4.79 Å². The van der Waals surface area contributed by atoms with E-state index in [2.05, 4.69) is 10.6 Å². The standard InChI is InChI=1S/C20H23FN2O2/c21-16-5-10-19(11-6-16)25-18-8-3-15(4-9-18)14-23-20(24)12-7-17-2-1-13-22-17/h3-6,8-11,17,22H,1-2,7,12-14H2,(H,23,24). The fraction of sp³-hybridized carbons (Fsp3) is 0.350. The zero-order chi connectivity index (χ0) is 17.5. The Morgan fingerprint density at radius 3 is 2.44 bits per heavy atom. The number of rotatable bonds is 7. The number of halogens is 1. The molecule has 0 saturated carbocycles. The van der Waals surface area contributed by atoms with Crippen molar-refractivity contribution in [2.75, 3.05) is 6.54 Å².